The maximum Gasteiger partial charge on any atom is 0.414 e. The third kappa shape index (κ3) is 5.61. The molecule has 0 atom stereocenters. The Hall–Kier alpha value is -2.28. The van der Waals surface area contributed by atoms with Crippen molar-refractivity contribution in [1.29, 1.82) is 0 Å². The molecule has 0 bridgehead atoms. The zero-order chi connectivity index (χ0) is 16.5. The zero-order valence-electron chi connectivity index (χ0n) is 12.7. The molecule has 1 aromatic rings. The molecule has 2 rings (SSSR count). The van der Waals surface area contributed by atoms with Gasteiger partial charge in [0, 0.05) is 12.6 Å². The number of rotatable bonds is 5. The third-order valence-electron chi connectivity index (χ3n) is 3.20. The van der Waals surface area contributed by atoms with Crippen molar-refractivity contribution >= 4 is 11.9 Å². The van der Waals surface area contributed by atoms with Gasteiger partial charge in [0.1, 0.15) is 0 Å². The van der Waals surface area contributed by atoms with E-state index in [2.05, 4.69) is 31.3 Å². The minimum Gasteiger partial charge on any atom is -0.473 e. The van der Waals surface area contributed by atoms with Crippen LogP contribution in [0.15, 0.2) is 18.2 Å². The lowest BCUT2D eigenvalue weighted by Crippen LogP contribution is -2.26. The molecule has 3 N–H and O–H groups in total. The average molecular weight is 311 g/mol. The molecule has 0 aliphatic carbocycles. The largest absolute Gasteiger partial charge is 0.473 e. The number of hydrogen-bond acceptors (Lipinski definition) is 5. The predicted octanol–water partition coefficient (Wildman–Crippen LogP) is 1.85. The van der Waals surface area contributed by atoms with Crippen LogP contribution in [0.5, 0.6) is 11.5 Å². The van der Waals surface area contributed by atoms with E-state index in [-0.39, 0.29) is 0 Å². The number of nitrogens with one attached hydrogen (secondary N) is 1. The van der Waals surface area contributed by atoms with Crippen LogP contribution in [-0.4, -0.2) is 35.0 Å². The molecule has 0 aromatic heterocycles. The molecule has 22 heavy (non-hydrogen) atoms. The third-order valence-corrected chi connectivity index (χ3v) is 3.20. The van der Waals surface area contributed by atoms with Crippen LogP contribution in [0.3, 0.4) is 0 Å². The molecule has 0 unspecified atom stereocenters. The smallest absolute Gasteiger partial charge is 0.414 e. The normalized spacial score (nSPS) is 11.8. The van der Waals surface area contributed by atoms with Crippen LogP contribution in [0.4, 0.5) is 0 Å². The number of aliphatic carboxylic acids is 2. The van der Waals surface area contributed by atoms with Crippen LogP contribution < -0.4 is 14.8 Å². The molecular formula is C15H21NO6. The van der Waals surface area contributed by atoms with Crippen molar-refractivity contribution < 1.29 is 29.3 Å². The fourth-order valence-corrected chi connectivity index (χ4v) is 1.89. The number of carboxylic acids is 2. The van der Waals surface area contributed by atoms with Gasteiger partial charge in [-0.3, -0.25) is 0 Å². The Morgan fingerprint density at radius 3 is 2.27 bits per heavy atom. The Balaban J connectivity index is 0.000000346. The lowest BCUT2D eigenvalue weighted by Gasteiger charge is -2.14. The first-order valence-electron chi connectivity index (χ1n) is 7.06. The lowest BCUT2D eigenvalue weighted by atomic mass is 10.1. The minimum absolute atomic E-state index is 0.346. The first kappa shape index (κ1) is 17.8. The SMILES string of the molecule is CCC(CC)NCc1ccc2c(c1)OCO2.O=C(O)C(=O)O. The number of ether oxygens (including phenoxy) is 2. The summed E-state index contributed by atoms with van der Waals surface area (Å²) in [4.78, 5) is 18.2. The van der Waals surface area contributed by atoms with Gasteiger partial charge in [0.2, 0.25) is 6.79 Å². The van der Waals surface area contributed by atoms with Crippen molar-refractivity contribution in [2.24, 2.45) is 0 Å². The van der Waals surface area contributed by atoms with Crippen LogP contribution in [0.25, 0.3) is 0 Å². The first-order chi connectivity index (χ1) is 10.5. The van der Waals surface area contributed by atoms with Gasteiger partial charge in [0.05, 0.1) is 0 Å². The Morgan fingerprint density at radius 1 is 1.14 bits per heavy atom. The van der Waals surface area contributed by atoms with Gasteiger partial charge in [0.25, 0.3) is 0 Å². The maximum atomic E-state index is 9.10. The number of carbonyl (C=O) groups is 2. The van der Waals surface area contributed by atoms with Crippen molar-refractivity contribution in [3.63, 3.8) is 0 Å². The van der Waals surface area contributed by atoms with Crippen molar-refractivity contribution in [2.75, 3.05) is 6.79 Å². The summed E-state index contributed by atoms with van der Waals surface area (Å²) in [5.74, 6) is -1.93. The monoisotopic (exact) mass is 311 g/mol. The molecule has 0 saturated heterocycles. The summed E-state index contributed by atoms with van der Waals surface area (Å²) < 4.78 is 10.6. The highest BCUT2D eigenvalue weighted by Crippen LogP contribution is 2.32. The van der Waals surface area contributed by atoms with E-state index in [9.17, 15) is 0 Å². The summed E-state index contributed by atoms with van der Waals surface area (Å²) >= 11 is 0. The van der Waals surface area contributed by atoms with Crippen molar-refractivity contribution in [2.45, 2.75) is 39.3 Å². The van der Waals surface area contributed by atoms with Crippen molar-refractivity contribution in [3.8, 4) is 11.5 Å². The topological polar surface area (TPSA) is 105 Å². The van der Waals surface area contributed by atoms with Gasteiger partial charge in [-0.25, -0.2) is 9.59 Å². The fraction of sp³-hybridized carbons (Fsp3) is 0.467. The highest BCUT2D eigenvalue weighted by Gasteiger charge is 2.13. The summed E-state index contributed by atoms with van der Waals surface area (Å²) in [5.41, 5.74) is 1.25. The second kappa shape index (κ2) is 8.89. The Labute approximate surface area is 128 Å². The second-order valence-electron chi connectivity index (χ2n) is 4.69. The molecule has 0 amide bonds. The van der Waals surface area contributed by atoms with E-state index in [0.717, 1.165) is 18.0 Å². The Kier molecular flexibility index (Phi) is 7.18. The number of carboxylic acid groups (broad SMARTS) is 2. The van der Waals surface area contributed by atoms with Gasteiger partial charge in [-0.15, -0.1) is 0 Å². The first-order valence-corrected chi connectivity index (χ1v) is 7.06. The molecule has 0 radical (unpaired) electrons. The van der Waals surface area contributed by atoms with Gasteiger partial charge in [-0.1, -0.05) is 19.9 Å². The molecule has 1 heterocycles. The number of hydrogen-bond donors (Lipinski definition) is 3. The molecule has 0 fully saturated rings. The summed E-state index contributed by atoms with van der Waals surface area (Å²) in [5, 5.41) is 18.3. The molecule has 7 nitrogen and oxygen atoms in total. The van der Waals surface area contributed by atoms with Crippen LogP contribution in [-0.2, 0) is 16.1 Å². The Morgan fingerprint density at radius 2 is 1.73 bits per heavy atom. The maximum absolute atomic E-state index is 9.10. The van der Waals surface area contributed by atoms with E-state index in [1.165, 1.54) is 18.4 Å². The number of fused-ring (bicyclic) bond motifs is 1. The van der Waals surface area contributed by atoms with Crippen LogP contribution in [0.2, 0.25) is 0 Å². The standard InChI is InChI=1S/C13H19NO2.C2H2O4/c1-3-11(4-2)14-8-10-5-6-12-13(7-10)16-9-15-12;3-1(4)2(5)6/h5-7,11,14H,3-4,8-9H2,1-2H3;(H,3,4)(H,5,6). The van der Waals surface area contributed by atoms with Crippen molar-refractivity contribution in [1.82, 2.24) is 5.32 Å². The van der Waals surface area contributed by atoms with E-state index in [1.54, 1.807) is 0 Å². The summed E-state index contributed by atoms with van der Waals surface area (Å²) in [6.07, 6.45) is 2.34. The average Bonchev–Trinajstić information content (AvgIpc) is 2.96. The van der Waals surface area contributed by atoms with E-state index in [1.807, 2.05) is 6.07 Å². The van der Waals surface area contributed by atoms with Gasteiger partial charge in [-0.2, -0.15) is 0 Å². The van der Waals surface area contributed by atoms with E-state index >= 15 is 0 Å². The summed E-state index contributed by atoms with van der Waals surface area (Å²) in [6.45, 7) is 5.66. The molecule has 122 valence electrons. The second-order valence-corrected chi connectivity index (χ2v) is 4.69. The minimum atomic E-state index is -1.82. The molecule has 7 heteroatoms. The van der Waals surface area contributed by atoms with Crippen LogP contribution in [0, 0.1) is 0 Å². The van der Waals surface area contributed by atoms with Gasteiger partial charge in [-0.05, 0) is 30.5 Å². The molecular weight excluding hydrogens is 290 g/mol. The molecule has 0 saturated carbocycles. The van der Waals surface area contributed by atoms with E-state index in [4.69, 9.17) is 29.3 Å². The predicted molar refractivity (Wildman–Crippen MR) is 79.0 cm³/mol. The highest BCUT2D eigenvalue weighted by molar-refractivity contribution is 6.27. The van der Waals surface area contributed by atoms with Crippen LogP contribution in [0.1, 0.15) is 32.3 Å². The van der Waals surface area contributed by atoms with Crippen LogP contribution >= 0.6 is 0 Å². The van der Waals surface area contributed by atoms with Gasteiger partial charge >= 0.3 is 11.9 Å². The fourth-order valence-electron chi connectivity index (χ4n) is 1.89. The Bertz CT molecular complexity index is 501. The quantitative estimate of drug-likeness (QED) is 0.713. The van der Waals surface area contributed by atoms with E-state index < -0.39 is 11.9 Å². The number of benzene rings is 1. The van der Waals surface area contributed by atoms with Gasteiger partial charge in [0.15, 0.2) is 11.5 Å². The highest BCUT2D eigenvalue weighted by atomic mass is 16.7. The molecule has 1 aliphatic rings. The molecule has 0 spiro atoms. The lowest BCUT2D eigenvalue weighted by molar-refractivity contribution is -0.159. The summed E-state index contributed by atoms with van der Waals surface area (Å²) in [7, 11) is 0. The molecule has 1 aliphatic heterocycles. The molecule has 1 aromatic carbocycles. The van der Waals surface area contributed by atoms with Crippen molar-refractivity contribution in [3.05, 3.63) is 23.8 Å². The van der Waals surface area contributed by atoms with E-state index in [0.29, 0.717) is 12.8 Å². The van der Waals surface area contributed by atoms with Gasteiger partial charge < -0.3 is 25.0 Å². The zero-order valence-corrected chi connectivity index (χ0v) is 12.7. The summed E-state index contributed by atoms with van der Waals surface area (Å²) in [6, 6.07) is 6.72.